The lowest BCUT2D eigenvalue weighted by Gasteiger charge is -1.73. The maximum Gasteiger partial charge on any atom is 0.236 e. The Morgan fingerprint density at radius 2 is 2.57 bits per heavy atom. The zero-order chi connectivity index (χ0) is 5.11. The van der Waals surface area contributed by atoms with E-state index >= 15 is 0 Å². The number of hydrogen-bond donors (Lipinski definition) is 1. The van der Waals surface area contributed by atoms with Crippen molar-refractivity contribution in [3.63, 3.8) is 0 Å². The SMILES string of the molecule is [N-]=[NH+]C1=C=CC=C1. The zero-order valence-electron chi connectivity index (χ0n) is 3.68. The molecule has 0 spiro atoms. The van der Waals surface area contributed by atoms with E-state index in [2.05, 4.69) is 5.73 Å². The smallest absolute Gasteiger partial charge is 0.236 e. The van der Waals surface area contributed by atoms with Crippen molar-refractivity contribution in [3.8, 4) is 0 Å². The average Bonchev–Trinajstić information content (AvgIpc) is 2.14. The number of nitrogens with zero attached hydrogens (tertiary/aromatic N) is 1. The summed E-state index contributed by atoms with van der Waals surface area (Å²) in [7, 11) is 0. The van der Waals surface area contributed by atoms with Crippen LogP contribution in [0.2, 0.25) is 0 Å². The van der Waals surface area contributed by atoms with Gasteiger partial charge >= 0.3 is 0 Å². The van der Waals surface area contributed by atoms with Crippen molar-refractivity contribution in [2.24, 2.45) is 0 Å². The van der Waals surface area contributed by atoms with Gasteiger partial charge in [-0.3, -0.25) is 5.11 Å². The summed E-state index contributed by atoms with van der Waals surface area (Å²) in [5, 5.41) is 1.95. The Kier molecular flexibility index (Phi) is 0.886. The van der Waals surface area contributed by atoms with Crippen LogP contribution in [0.5, 0.6) is 0 Å². The summed E-state index contributed by atoms with van der Waals surface area (Å²) in [5.41, 5.74) is 11.5. The number of hydrogen-bond acceptors (Lipinski definition) is 0. The number of allylic oxidation sites excluding steroid dienone is 2. The van der Waals surface area contributed by atoms with Crippen molar-refractivity contribution in [1.82, 2.24) is 0 Å². The molecule has 0 aliphatic heterocycles. The molecule has 0 atom stereocenters. The molecular weight excluding hydrogens is 88.1 g/mol. The summed E-state index contributed by atoms with van der Waals surface area (Å²) in [6.45, 7) is 0. The van der Waals surface area contributed by atoms with Gasteiger partial charge in [-0.25, -0.2) is 0 Å². The molecule has 1 rings (SSSR count). The number of rotatable bonds is 1. The van der Waals surface area contributed by atoms with E-state index < -0.39 is 0 Å². The second kappa shape index (κ2) is 1.54. The van der Waals surface area contributed by atoms with E-state index in [1.165, 1.54) is 0 Å². The highest BCUT2D eigenvalue weighted by atomic mass is 15.0. The van der Waals surface area contributed by atoms with Crippen molar-refractivity contribution >= 4 is 0 Å². The Balaban J connectivity index is 2.92. The van der Waals surface area contributed by atoms with Crippen LogP contribution in [0, 0.1) is 0 Å². The van der Waals surface area contributed by atoms with Crippen LogP contribution >= 0.6 is 0 Å². The van der Waals surface area contributed by atoms with Gasteiger partial charge in [0.15, 0.2) is 0 Å². The van der Waals surface area contributed by atoms with Gasteiger partial charge in [-0.1, -0.05) is 0 Å². The summed E-state index contributed by atoms with van der Waals surface area (Å²) in [6, 6.07) is 0. The second-order valence-electron chi connectivity index (χ2n) is 1.20. The van der Waals surface area contributed by atoms with Crippen LogP contribution in [0.4, 0.5) is 0 Å². The molecule has 0 radical (unpaired) electrons. The molecular formula is C5H4N2. The van der Waals surface area contributed by atoms with Gasteiger partial charge in [0.1, 0.15) is 0 Å². The average molecular weight is 92.1 g/mol. The predicted octanol–water partition coefficient (Wildman–Crippen LogP) is -0.303. The molecule has 1 aliphatic carbocycles. The van der Waals surface area contributed by atoms with Crippen LogP contribution in [-0.4, -0.2) is 0 Å². The molecule has 0 fully saturated rings. The summed E-state index contributed by atoms with van der Waals surface area (Å²) in [5.74, 6) is 0. The summed E-state index contributed by atoms with van der Waals surface area (Å²) >= 11 is 0. The van der Waals surface area contributed by atoms with E-state index in [0.717, 1.165) is 0 Å². The second-order valence-corrected chi connectivity index (χ2v) is 1.20. The lowest BCUT2D eigenvalue weighted by atomic mass is 10.5. The molecule has 0 unspecified atom stereocenters. The minimum absolute atomic E-state index is 0.611. The molecule has 7 heavy (non-hydrogen) atoms. The minimum atomic E-state index is 0.611. The van der Waals surface area contributed by atoms with Crippen LogP contribution in [-0.2, 0) is 0 Å². The first-order valence-electron chi connectivity index (χ1n) is 1.97. The van der Waals surface area contributed by atoms with Crippen molar-refractivity contribution in [2.75, 3.05) is 0 Å². The Hall–Kier alpha value is -1.14. The van der Waals surface area contributed by atoms with Gasteiger partial charge < -0.3 is 5.53 Å². The van der Waals surface area contributed by atoms with Gasteiger partial charge in [0.2, 0.25) is 5.70 Å². The van der Waals surface area contributed by atoms with E-state index in [1.54, 1.807) is 18.2 Å². The van der Waals surface area contributed by atoms with E-state index in [0.29, 0.717) is 5.70 Å². The summed E-state index contributed by atoms with van der Waals surface area (Å²) in [6.07, 6.45) is 5.23. The Labute approximate surface area is 41.4 Å². The van der Waals surface area contributed by atoms with Crippen LogP contribution in [0.1, 0.15) is 0 Å². The van der Waals surface area contributed by atoms with Gasteiger partial charge in [0.25, 0.3) is 0 Å². The Bertz CT molecular complexity index is 171. The third-order valence-electron chi connectivity index (χ3n) is 0.718. The molecule has 0 saturated heterocycles. The fraction of sp³-hybridized carbons (Fsp3) is 0. The van der Waals surface area contributed by atoms with E-state index in [-0.39, 0.29) is 0 Å². The molecule has 0 amide bonds. The molecule has 1 aliphatic rings. The third kappa shape index (κ3) is 0.643. The van der Waals surface area contributed by atoms with Gasteiger partial charge in [-0.2, -0.15) is 0 Å². The van der Waals surface area contributed by atoms with Crippen molar-refractivity contribution < 1.29 is 5.11 Å². The highest BCUT2D eigenvalue weighted by molar-refractivity contribution is 5.22. The zero-order valence-corrected chi connectivity index (χ0v) is 3.68. The standard InChI is InChI=1S/C5H4N2/c6-7-5-3-1-2-4-5/h1-3,7H. The van der Waals surface area contributed by atoms with Crippen molar-refractivity contribution in [2.45, 2.75) is 0 Å². The Morgan fingerprint density at radius 1 is 1.71 bits per heavy atom. The van der Waals surface area contributed by atoms with Crippen molar-refractivity contribution in [1.29, 1.82) is 0 Å². The highest BCUT2D eigenvalue weighted by Gasteiger charge is 1.88. The molecule has 0 heterocycles. The van der Waals surface area contributed by atoms with Crippen LogP contribution in [0.15, 0.2) is 29.7 Å². The molecule has 0 bridgehead atoms. The first-order chi connectivity index (χ1) is 3.43. The lowest BCUT2D eigenvalue weighted by Crippen LogP contribution is -2.59. The van der Waals surface area contributed by atoms with Crippen LogP contribution in [0.25, 0.3) is 5.53 Å². The quantitative estimate of drug-likeness (QED) is 0.340. The fourth-order valence-electron chi connectivity index (χ4n) is 0.400. The van der Waals surface area contributed by atoms with E-state index in [9.17, 15) is 0 Å². The summed E-state index contributed by atoms with van der Waals surface area (Å²) in [4.78, 5) is 0. The first-order valence-corrected chi connectivity index (χ1v) is 1.97. The van der Waals surface area contributed by atoms with Gasteiger partial charge in [0, 0.05) is 6.08 Å². The Morgan fingerprint density at radius 3 is 2.86 bits per heavy atom. The highest BCUT2D eigenvalue weighted by Crippen LogP contribution is 1.88. The maximum absolute atomic E-state index is 8.15. The van der Waals surface area contributed by atoms with Crippen LogP contribution in [0.3, 0.4) is 0 Å². The first kappa shape index (κ1) is 4.03. The monoisotopic (exact) mass is 92.0 g/mol. The molecule has 2 nitrogen and oxygen atoms in total. The van der Waals surface area contributed by atoms with Gasteiger partial charge in [-0.05, 0) is 17.9 Å². The van der Waals surface area contributed by atoms with Crippen LogP contribution < -0.4 is 5.11 Å². The minimum Gasteiger partial charge on any atom is -0.501 e. The molecule has 0 saturated carbocycles. The molecule has 0 aromatic rings. The van der Waals surface area contributed by atoms with E-state index in [4.69, 9.17) is 5.53 Å². The van der Waals surface area contributed by atoms with Gasteiger partial charge in [0.05, 0.1) is 0 Å². The predicted molar refractivity (Wildman–Crippen MR) is 25.1 cm³/mol. The van der Waals surface area contributed by atoms with E-state index in [1.807, 2.05) is 5.11 Å². The van der Waals surface area contributed by atoms with Gasteiger partial charge in [-0.15, -0.1) is 0 Å². The molecule has 0 aromatic carbocycles. The summed E-state index contributed by atoms with van der Waals surface area (Å²) < 4.78 is 0. The third-order valence-corrected chi connectivity index (χ3v) is 0.718. The maximum atomic E-state index is 8.15. The molecule has 34 valence electrons. The number of nitrogens with one attached hydrogen (secondary N) is 1. The largest absolute Gasteiger partial charge is 0.501 e. The topological polar surface area (TPSA) is 36.3 Å². The fourth-order valence-corrected chi connectivity index (χ4v) is 0.400. The molecule has 2 heteroatoms. The molecule has 1 N–H and O–H groups in total. The molecule has 0 aromatic heterocycles. The lowest BCUT2D eigenvalue weighted by molar-refractivity contribution is -0.415. The van der Waals surface area contributed by atoms with Crippen molar-refractivity contribution in [3.05, 3.63) is 35.2 Å². The normalized spacial score (nSPS) is 14.6.